The van der Waals surface area contributed by atoms with Gasteiger partial charge in [-0.25, -0.2) is 0 Å². The van der Waals surface area contributed by atoms with Crippen LogP contribution in [0.15, 0.2) is 18.2 Å². The molecule has 0 amide bonds. The van der Waals surface area contributed by atoms with E-state index >= 15 is 0 Å². The van der Waals surface area contributed by atoms with Gasteiger partial charge < -0.3 is 5.73 Å². The van der Waals surface area contributed by atoms with Gasteiger partial charge in [-0.15, -0.1) is 0 Å². The number of nitrogens with two attached hydrogens (primary N) is 1. The second-order valence-electron chi connectivity index (χ2n) is 3.73. The van der Waals surface area contributed by atoms with Gasteiger partial charge in [0.1, 0.15) is 0 Å². The summed E-state index contributed by atoms with van der Waals surface area (Å²) < 4.78 is 0. The number of hydrogen-bond donors (Lipinski definition) is 1. The van der Waals surface area contributed by atoms with Crippen molar-refractivity contribution in [1.82, 2.24) is 4.90 Å². The highest BCUT2D eigenvalue weighted by Gasteiger charge is 2.22. The van der Waals surface area contributed by atoms with Crippen molar-refractivity contribution < 1.29 is 0 Å². The van der Waals surface area contributed by atoms with Gasteiger partial charge in [-0.3, -0.25) is 4.90 Å². The molecule has 0 aliphatic carbocycles. The maximum Gasteiger partial charge on any atom is 0.0424 e. The Bertz CT molecular complexity index is 315. The molecule has 14 heavy (non-hydrogen) atoms. The summed E-state index contributed by atoms with van der Waals surface area (Å²) in [6.45, 7) is 2.81. The third kappa shape index (κ3) is 2.39. The molecular weight excluding hydrogens is 219 g/mol. The molecule has 1 aliphatic rings. The molecule has 1 aromatic rings. The van der Waals surface area contributed by atoms with Crippen LogP contribution in [0, 0.1) is 0 Å². The summed E-state index contributed by atoms with van der Waals surface area (Å²) in [5.41, 5.74) is 6.84. The molecule has 0 aromatic heterocycles. The van der Waals surface area contributed by atoms with E-state index in [1.54, 1.807) is 6.07 Å². The van der Waals surface area contributed by atoms with Crippen molar-refractivity contribution in [2.24, 2.45) is 5.73 Å². The van der Waals surface area contributed by atoms with Crippen molar-refractivity contribution in [2.75, 3.05) is 13.1 Å². The number of hydrogen-bond acceptors (Lipinski definition) is 2. The Morgan fingerprint density at radius 1 is 1.21 bits per heavy atom. The van der Waals surface area contributed by atoms with Crippen molar-refractivity contribution in [3.8, 4) is 0 Å². The molecule has 0 spiro atoms. The van der Waals surface area contributed by atoms with E-state index in [0.29, 0.717) is 16.1 Å². The van der Waals surface area contributed by atoms with Gasteiger partial charge in [-0.05, 0) is 23.8 Å². The fourth-order valence-corrected chi connectivity index (χ4v) is 2.27. The van der Waals surface area contributed by atoms with Gasteiger partial charge in [-0.1, -0.05) is 23.2 Å². The van der Waals surface area contributed by atoms with Gasteiger partial charge in [0, 0.05) is 35.7 Å². The molecule has 0 radical (unpaired) electrons. The van der Waals surface area contributed by atoms with Crippen LogP contribution in [0.25, 0.3) is 0 Å². The van der Waals surface area contributed by atoms with E-state index in [1.807, 2.05) is 12.1 Å². The Balaban J connectivity index is 2.02. The Hall–Kier alpha value is -0.280. The first-order chi connectivity index (χ1) is 6.63. The van der Waals surface area contributed by atoms with Crippen LogP contribution in [0.2, 0.25) is 10.0 Å². The van der Waals surface area contributed by atoms with Crippen LogP contribution in [0.1, 0.15) is 5.56 Å². The summed E-state index contributed by atoms with van der Waals surface area (Å²) in [6, 6.07) is 5.97. The fourth-order valence-electron chi connectivity index (χ4n) is 1.70. The summed E-state index contributed by atoms with van der Waals surface area (Å²) in [6.07, 6.45) is 0. The highest BCUT2D eigenvalue weighted by Crippen LogP contribution is 2.21. The minimum absolute atomic E-state index is 0.338. The molecule has 0 unspecified atom stereocenters. The van der Waals surface area contributed by atoms with Gasteiger partial charge >= 0.3 is 0 Å². The van der Waals surface area contributed by atoms with Crippen LogP contribution in [-0.2, 0) is 6.54 Å². The molecule has 1 fully saturated rings. The van der Waals surface area contributed by atoms with E-state index in [1.165, 1.54) is 0 Å². The van der Waals surface area contributed by atoms with Crippen LogP contribution >= 0.6 is 23.2 Å². The molecule has 2 nitrogen and oxygen atoms in total. The molecule has 1 aromatic carbocycles. The van der Waals surface area contributed by atoms with Crippen LogP contribution in [0.5, 0.6) is 0 Å². The second-order valence-corrected chi connectivity index (χ2v) is 4.60. The van der Waals surface area contributed by atoms with Crippen LogP contribution in [-0.4, -0.2) is 24.0 Å². The largest absolute Gasteiger partial charge is 0.325 e. The number of halogens is 2. The van der Waals surface area contributed by atoms with E-state index in [2.05, 4.69) is 4.90 Å². The van der Waals surface area contributed by atoms with Gasteiger partial charge in [0.15, 0.2) is 0 Å². The highest BCUT2D eigenvalue weighted by atomic mass is 35.5. The first-order valence-corrected chi connectivity index (χ1v) is 5.32. The van der Waals surface area contributed by atoms with Crippen molar-refractivity contribution in [3.63, 3.8) is 0 Å². The second kappa shape index (κ2) is 4.07. The molecular formula is C10H12Cl2N2. The van der Waals surface area contributed by atoms with Crippen molar-refractivity contribution in [1.29, 1.82) is 0 Å². The van der Waals surface area contributed by atoms with E-state index < -0.39 is 0 Å². The minimum Gasteiger partial charge on any atom is -0.325 e. The minimum atomic E-state index is 0.338. The summed E-state index contributed by atoms with van der Waals surface area (Å²) in [5.74, 6) is 0. The lowest BCUT2D eigenvalue weighted by atomic mass is 10.1. The quantitative estimate of drug-likeness (QED) is 0.844. The molecule has 0 saturated carbocycles. The van der Waals surface area contributed by atoms with Crippen molar-refractivity contribution in [2.45, 2.75) is 12.6 Å². The molecule has 1 saturated heterocycles. The van der Waals surface area contributed by atoms with E-state index in [-0.39, 0.29) is 0 Å². The fraction of sp³-hybridized carbons (Fsp3) is 0.400. The monoisotopic (exact) mass is 230 g/mol. The molecule has 2 rings (SSSR count). The lowest BCUT2D eigenvalue weighted by Gasteiger charge is -2.36. The van der Waals surface area contributed by atoms with E-state index in [4.69, 9.17) is 28.9 Å². The standard InChI is InChI=1S/C10H12Cl2N2/c11-8-1-7(2-9(12)3-8)4-14-5-10(13)6-14/h1-3,10H,4-6,13H2. The molecule has 1 aliphatic heterocycles. The van der Waals surface area contributed by atoms with E-state index in [0.717, 1.165) is 25.2 Å². The Morgan fingerprint density at radius 3 is 2.29 bits per heavy atom. The average Bonchev–Trinajstić information content (AvgIpc) is 1.99. The Labute approximate surface area is 93.6 Å². The summed E-state index contributed by atoms with van der Waals surface area (Å²) in [4.78, 5) is 2.27. The third-order valence-corrected chi connectivity index (χ3v) is 2.75. The molecule has 76 valence electrons. The number of nitrogens with zero attached hydrogens (tertiary/aromatic N) is 1. The lowest BCUT2D eigenvalue weighted by Crippen LogP contribution is -2.54. The zero-order chi connectivity index (χ0) is 10.1. The number of benzene rings is 1. The molecule has 1 heterocycles. The Morgan fingerprint density at radius 2 is 1.79 bits per heavy atom. The first-order valence-electron chi connectivity index (χ1n) is 4.56. The average molecular weight is 231 g/mol. The van der Waals surface area contributed by atoms with Crippen LogP contribution in [0.4, 0.5) is 0 Å². The summed E-state index contributed by atoms with van der Waals surface area (Å²) in [7, 11) is 0. The maximum atomic E-state index is 5.90. The smallest absolute Gasteiger partial charge is 0.0424 e. The third-order valence-electron chi connectivity index (χ3n) is 2.31. The van der Waals surface area contributed by atoms with Crippen LogP contribution in [0.3, 0.4) is 0 Å². The predicted octanol–water partition coefficient (Wildman–Crippen LogP) is 2.14. The molecule has 0 bridgehead atoms. The van der Waals surface area contributed by atoms with Gasteiger partial charge in [0.25, 0.3) is 0 Å². The Kier molecular flexibility index (Phi) is 2.98. The predicted molar refractivity (Wildman–Crippen MR) is 59.7 cm³/mol. The van der Waals surface area contributed by atoms with Crippen LogP contribution < -0.4 is 5.73 Å². The molecule has 0 atom stereocenters. The zero-order valence-corrected chi connectivity index (χ0v) is 9.22. The van der Waals surface area contributed by atoms with Crippen molar-refractivity contribution in [3.05, 3.63) is 33.8 Å². The van der Waals surface area contributed by atoms with Gasteiger partial charge in [0.05, 0.1) is 0 Å². The summed E-state index contributed by atoms with van der Waals surface area (Å²) >= 11 is 11.8. The number of rotatable bonds is 2. The number of likely N-dealkylation sites (tertiary alicyclic amines) is 1. The van der Waals surface area contributed by atoms with Gasteiger partial charge in [-0.2, -0.15) is 0 Å². The van der Waals surface area contributed by atoms with E-state index in [9.17, 15) is 0 Å². The topological polar surface area (TPSA) is 29.3 Å². The SMILES string of the molecule is NC1CN(Cc2cc(Cl)cc(Cl)c2)C1. The summed E-state index contributed by atoms with van der Waals surface area (Å²) in [5, 5.41) is 1.38. The molecule has 4 heteroatoms. The molecule has 2 N–H and O–H groups in total. The normalized spacial score (nSPS) is 18.2. The maximum absolute atomic E-state index is 5.90. The van der Waals surface area contributed by atoms with Gasteiger partial charge in [0.2, 0.25) is 0 Å². The van der Waals surface area contributed by atoms with Crippen molar-refractivity contribution >= 4 is 23.2 Å². The highest BCUT2D eigenvalue weighted by molar-refractivity contribution is 6.34. The lowest BCUT2D eigenvalue weighted by molar-refractivity contribution is 0.142. The first kappa shape index (κ1) is 10.2. The zero-order valence-electron chi connectivity index (χ0n) is 7.71.